The predicted molar refractivity (Wildman–Crippen MR) is 77.8 cm³/mol. The predicted octanol–water partition coefficient (Wildman–Crippen LogP) is 0.769. The number of benzene rings is 1. The molecule has 0 radical (unpaired) electrons. The van der Waals surface area contributed by atoms with Crippen molar-refractivity contribution >= 4 is 5.91 Å². The maximum absolute atomic E-state index is 13.9. The molecule has 20 heavy (non-hydrogen) atoms. The Bertz CT molecular complexity index is 532. The Morgan fingerprint density at radius 1 is 1.30 bits per heavy atom. The first kappa shape index (κ1) is 16.2. The molecule has 0 saturated heterocycles. The molecule has 0 aromatic heterocycles. The summed E-state index contributed by atoms with van der Waals surface area (Å²) in [5, 5.41) is 0. The average Bonchev–Trinajstić information content (AvgIpc) is 2.41. The van der Waals surface area contributed by atoms with E-state index in [1.165, 1.54) is 17.0 Å². The van der Waals surface area contributed by atoms with E-state index in [2.05, 4.69) is 11.8 Å². The molecular weight excluding hydrogens is 257 g/mol. The maximum Gasteiger partial charge on any atom is 0.256 e. The summed E-state index contributed by atoms with van der Waals surface area (Å²) >= 11 is 0. The van der Waals surface area contributed by atoms with Crippen LogP contribution in [0, 0.1) is 17.7 Å². The number of halogens is 1. The Balaban J connectivity index is 2.83. The van der Waals surface area contributed by atoms with Crippen molar-refractivity contribution in [2.24, 2.45) is 5.73 Å². The van der Waals surface area contributed by atoms with Crippen molar-refractivity contribution in [1.82, 2.24) is 9.80 Å². The third-order valence-electron chi connectivity index (χ3n) is 2.76. The number of nitrogens with zero attached hydrogens (tertiary/aromatic N) is 2. The van der Waals surface area contributed by atoms with Crippen LogP contribution in [0.2, 0.25) is 0 Å². The van der Waals surface area contributed by atoms with Crippen molar-refractivity contribution < 1.29 is 9.18 Å². The third-order valence-corrected chi connectivity index (χ3v) is 2.76. The van der Waals surface area contributed by atoms with E-state index in [4.69, 9.17) is 5.73 Å². The Morgan fingerprint density at radius 2 is 2.00 bits per heavy atom. The molecule has 0 aliphatic heterocycles. The summed E-state index contributed by atoms with van der Waals surface area (Å²) in [6.45, 7) is 1.49. The van der Waals surface area contributed by atoms with Gasteiger partial charge in [0.05, 0.1) is 12.1 Å². The van der Waals surface area contributed by atoms with Gasteiger partial charge in [-0.15, -0.1) is 0 Å². The molecule has 4 nitrogen and oxygen atoms in total. The van der Waals surface area contributed by atoms with Crippen LogP contribution >= 0.6 is 0 Å². The molecule has 0 unspecified atom stereocenters. The van der Waals surface area contributed by atoms with Gasteiger partial charge in [-0.2, -0.15) is 0 Å². The molecule has 0 fully saturated rings. The molecule has 0 aliphatic carbocycles. The molecule has 0 saturated carbocycles. The van der Waals surface area contributed by atoms with E-state index in [9.17, 15) is 9.18 Å². The topological polar surface area (TPSA) is 49.6 Å². The number of hydrogen-bond donors (Lipinski definition) is 1. The SMILES string of the molecule is CN(C)CCN(C)C(=O)c1ccc(C#CCN)cc1F. The first-order chi connectivity index (χ1) is 9.45. The quantitative estimate of drug-likeness (QED) is 0.827. The maximum atomic E-state index is 13.9. The van der Waals surface area contributed by atoms with Crippen molar-refractivity contribution in [2.75, 3.05) is 40.8 Å². The molecule has 5 heteroatoms. The van der Waals surface area contributed by atoms with Crippen LogP contribution < -0.4 is 5.73 Å². The zero-order chi connectivity index (χ0) is 15.1. The van der Waals surface area contributed by atoms with Crippen LogP contribution in [0.25, 0.3) is 0 Å². The summed E-state index contributed by atoms with van der Waals surface area (Å²) in [7, 11) is 5.50. The second kappa shape index (κ2) is 7.63. The molecule has 0 bridgehead atoms. The minimum Gasteiger partial charge on any atom is -0.340 e. The van der Waals surface area contributed by atoms with Crippen LogP contribution in [0.15, 0.2) is 18.2 Å². The highest BCUT2D eigenvalue weighted by atomic mass is 19.1. The summed E-state index contributed by atoms with van der Waals surface area (Å²) < 4.78 is 13.9. The van der Waals surface area contributed by atoms with Crippen LogP contribution in [0.4, 0.5) is 4.39 Å². The fraction of sp³-hybridized carbons (Fsp3) is 0.400. The number of amides is 1. The highest BCUT2D eigenvalue weighted by Crippen LogP contribution is 2.12. The average molecular weight is 277 g/mol. The van der Waals surface area contributed by atoms with Crippen molar-refractivity contribution in [2.45, 2.75) is 0 Å². The number of carbonyl (C=O) groups excluding carboxylic acids is 1. The van der Waals surface area contributed by atoms with Crippen LogP contribution in [-0.2, 0) is 0 Å². The molecule has 2 N–H and O–H groups in total. The van der Waals surface area contributed by atoms with E-state index in [1.807, 2.05) is 19.0 Å². The summed E-state index contributed by atoms with van der Waals surface area (Å²) in [6, 6.07) is 4.35. The van der Waals surface area contributed by atoms with Gasteiger partial charge in [0.2, 0.25) is 0 Å². The van der Waals surface area contributed by atoms with E-state index in [0.717, 1.165) is 6.54 Å². The summed E-state index contributed by atoms with van der Waals surface area (Å²) in [5.41, 5.74) is 5.83. The summed E-state index contributed by atoms with van der Waals surface area (Å²) in [5.74, 6) is 4.49. The molecule has 0 heterocycles. The lowest BCUT2D eigenvalue weighted by molar-refractivity contribution is 0.0781. The molecule has 0 aliphatic rings. The molecular formula is C15H20FN3O. The standard InChI is InChI=1S/C15H20FN3O/c1-18(2)9-10-19(3)15(20)13-7-6-12(5-4-8-17)11-14(13)16/h6-7,11H,8-10,17H2,1-3H3. The summed E-state index contributed by atoms with van der Waals surface area (Å²) in [6.07, 6.45) is 0. The monoisotopic (exact) mass is 277 g/mol. The van der Waals surface area contributed by atoms with Gasteiger partial charge < -0.3 is 15.5 Å². The molecule has 1 rings (SSSR count). The second-order valence-corrected chi connectivity index (χ2v) is 4.73. The Labute approximate surface area is 119 Å². The van der Waals surface area contributed by atoms with E-state index in [1.54, 1.807) is 13.1 Å². The van der Waals surface area contributed by atoms with Crippen LogP contribution in [0.5, 0.6) is 0 Å². The smallest absolute Gasteiger partial charge is 0.256 e. The minimum atomic E-state index is -0.560. The highest BCUT2D eigenvalue weighted by molar-refractivity contribution is 5.94. The molecule has 1 aromatic rings. The number of likely N-dealkylation sites (N-methyl/N-ethyl adjacent to an activating group) is 2. The van der Waals surface area contributed by atoms with Gasteiger partial charge in [-0.3, -0.25) is 4.79 Å². The molecule has 1 aromatic carbocycles. The minimum absolute atomic E-state index is 0.0598. The fourth-order valence-electron chi connectivity index (χ4n) is 1.58. The number of hydrogen-bond acceptors (Lipinski definition) is 3. The zero-order valence-corrected chi connectivity index (χ0v) is 12.1. The van der Waals surface area contributed by atoms with Crippen molar-refractivity contribution in [1.29, 1.82) is 0 Å². The zero-order valence-electron chi connectivity index (χ0n) is 12.1. The van der Waals surface area contributed by atoms with E-state index < -0.39 is 5.82 Å². The van der Waals surface area contributed by atoms with Crippen LogP contribution in [0.3, 0.4) is 0 Å². The van der Waals surface area contributed by atoms with E-state index in [-0.39, 0.29) is 18.0 Å². The fourth-order valence-corrected chi connectivity index (χ4v) is 1.58. The number of carbonyl (C=O) groups is 1. The van der Waals surface area contributed by atoms with Gasteiger partial charge >= 0.3 is 0 Å². The lowest BCUT2D eigenvalue weighted by Gasteiger charge is -2.20. The van der Waals surface area contributed by atoms with Gasteiger partial charge in [0.1, 0.15) is 5.82 Å². The molecule has 0 atom stereocenters. The Hall–Kier alpha value is -1.90. The lowest BCUT2D eigenvalue weighted by atomic mass is 10.1. The van der Waals surface area contributed by atoms with Gasteiger partial charge in [-0.25, -0.2) is 4.39 Å². The third kappa shape index (κ3) is 4.65. The number of rotatable bonds is 4. The number of nitrogens with two attached hydrogens (primary N) is 1. The van der Waals surface area contributed by atoms with Crippen molar-refractivity contribution in [3.05, 3.63) is 35.1 Å². The van der Waals surface area contributed by atoms with Gasteiger partial charge in [0, 0.05) is 25.7 Å². The second-order valence-electron chi connectivity index (χ2n) is 4.73. The van der Waals surface area contributed by atoms with Crippen molar-refractivity contribution in [3.63, 3.8) is 0 Å². The van der Waals surface area contributed by atoms with Gasteiger partial charge in [-0.05, 0) is 32.3 Å². The molecule has 0 spiro atoms. The van der Waals surface area contributed by atoms with Gasteiger partial charge in [0.25, 0.3) is 5.91 Å². The molecule has 1 amide bonds. The van der Waals surface area contributed by atoms with Crippen LogP contribution in [-0.4, -0.2) is 56.5 Å². The van der Waals surface area contributed by atoms with Gasteiger partial charge in [-0.1, -0.05) is 11.8 Å². The largest absolute Gasteiger partial charge is 0.340 e. The first-order valence-corrected chi connectivity index (χ1v) is 6.34. The van der Waals surface area contributed by atoms with E-state index in [0.29, 0.717) is 12.1 Å². The van der Waals surface area contributed by atoms with Crippen molar-refractivity contribution in [3.8, 4) is 11.8 Å². The van der Waals surface area contributed by atoms with E-state index >= 15 is 0 Å². The summed E-state index contributed by atoms with van der Waals surface area (Å²) in [4.78, 5) is 15.6. The Kier molecular flexibility index (Phi) is 6.16. The Morgan fingerprint density at radius 3 is 2.55 bits per heavy atom. The van der Waals surface area contributed by atoms with Gasteiger partial charge in [0.15, 0.2) is 0 Å². The molecule has 108 valence electrons. The van der Waals surface area contributed by atoms with Crippen LogP contribution in [0.1, 0.15) is 15.9 Å². The first-order valence-electron chi connectivity index (χ1n) is 6.34. The normalized spacial score (nSPS) is 10.1. The lowest BCUT2D eigenvalue weighted by Crippen LogP contribution is -2.33. The highest BCUT2D eigenvalue weighted by Gasteiger charge is 2.16.